The second kappa shape index (κ2) is 3.47. The van der Waals surface area contributed by atoms with Crippen molar-refractivity contribution < 1.29 is 4.74 Å². The van der Waals surface area contributed by atoms with Gasteiger partial charge in [-0.1, -0.05) is 15.9 Å². The lowest BCUT2D eigenvalue weighted by molar-refractivity contribution is 0.251. The summed E-state index contributed by atoms with van der Waals surface area (Å²) in [4.78, 5) is 0. The Morgan fingerprint density at radius 3 is 2.88 bits per heavy atom. The summed E-state index contributed by atoms with van der Waals surface area (Å²) in [6, 6.07) is 4.37. The van der Waals surface area contributed by atoms with Crippen LogP contribution in [0, 0.1) is 0 Å². The smallest absolute Gasteiger partial charge is 0.126 e. The molecule has 1 fully saturated rings. The van der Waals surface area contributed by atoms with Gasteiger partial charge in [0.2, 0.25) is 0 Å². The second-order valence-electron chi connectivity index (χ2n) is 5.06. The van der Waals surface area contributed by atoms with Crippen LogP contribution in [0.3, 0.4) is 0 Å². The number of halogens is 1. The highest BCUT2D eigenvalue weighted by Crippen LogP contribution is 2.53. The minimum Gasteiger partial charge on any atom is -0.490 e. The molecule has 3 heteroatoms. The molecule has 86 valence electrons. The first-order chi connectivity index (χ1) is 7.64. The molecule has 3 rings (SSSR count). The van der Waals surface area contributed by atoms with Crippen LogP contribution >= 0.6 is 15.9 Å². The number of rotatable bonds is 2. The summed E-state index contributed by atoms with van der Waals surface area (Å²) in [5.41, 5.74) is 8.77. The van der Waals surface area contributed by atoms with E-state index in [0.29, 0.717) is 6.10 Å². The van der Waals surface area contributed by atoms with Crippen LogP contribution in [0.1, 0.15) is 30.9 Å². The Morgan fingerprint density at radius 1 is 1.50 bits per heavy atom. The van der Waals surface area contributed by atoms with Crippen LogP contribution in [0.15, 0.2) is 16.6 Å². The van der Waals surface area contributed by atoms with Crippen LogP contribution in [0.4, 0.5) is 0 Å². The van der Waals surface area contributed by atoms with E-state index in [2.05, 4.69) is 35.0 Å². The van der Waals surface area contributed by atoms with E-state index in [4.69, 9.17) is 10.5 Å². The number of nitrogens with two attached hydrogens (primary N) is 1. The second-order valence-corrected chi connectivity index (χ2v) is 5.97. The maximum Gasteiger partial charge on any atom is 0.126 e. The van der Waals surface area contributed by atoms with Gasteiger partial charge < -0.3 is 10.5 Å². The van der Waals surface area contributed by atoms with Gasteiger partial charge in [-0.05, 0) is 37.5 Å². The molecular formula is C13H16BrNO. The van der Waals surface area contributed by atoms with Crippen LogP contribution in [-0.2, 0) is 11.8 Å². The van der Waals surface area contributed by atoms with Crippen LogP contribution in [0.2, 0.25) is 0 Å². The molecule has 2 aliphatic rings. The van der Waals surface area contributed by atoms with Crippen LogP contribution in [0.25, 0.3) is 0 Å². The molecule has 1 saturated carbocycles. The highest BCUT2D eigenvalue weighted by atomic mass is 79.9. The molecule has 0 radical (unpaired) electrons. The van der Waals surface area contributed by atoms with Crippen molar-refractivity contribution in [2.75, 3.05) is 6.54 Å². The molecular weight excluding hydrogens is 266 g/mol. The summed E-state index contributed by atoms with van der Waals surface area (Å²) < 4.78 is 7.10. The highest BCUT2D eigenvalue weighted by molar-refractivity contribution is 9.10. The molecule has 1 heterocycles. The lowest BCUT2D eigenvalue weighted by Gasteiger charge is -2.17. The van der Waals surface area contributed by atoms with E-state index in [9.17, 15) is 0 Å². The standard InChI is InChI=1S/C13H16BrNO/c1-8-4-9-5-10(14)6-11(12(9)16-8)13(7-15)2-3-13/h5-6,8H,2-4,7,15H2,1H3. The third-order valence-electron chi connectivity index (χ3n) is 3.77. The zero-order valence-corrected chi connectivity index (χ0v) is 11.0. The normalized spacial score (nSPS) is 25.1. The first-order valence-corrected chi connectivity index (χ1v) is 6.63. The SMILES string of the molecule is CC1Cc2cc(Br)cc(C3(CN)CC3)c2O1. The van der Waals surface area contributed by atoms with Crippen molar-refractivity contribution in [3.8, 4) is 5.75 Å². The van der Waals surface area contributed by atoms with Gasteiger partial charge in [-0.25, -0.2) is 0 Å². The molecule has 0 aromatic heterocycles. The molecule has 0 bridgehead atoms. The van der Waals surface area contributed by atoms with Crippen molar-refractivity contribution in [1.82, 2.24) is 0 Å². The summed E-state index contributed by atoms with van der Waals surface area (Å²) in [5.74, 6) is 1.11. The van der Waals surface area contributed by atoms with E-state index in [1.807, 2.05) is 0 Å². The monoisotopic (exact) mass is 281 g/mol. The van der Waals surface area contributed by atoms with Gasteiger partial charge in [0.25, 0.3) is 0 Å². The van der Waals surface area contributed by atoms with E-state index in [1.54, 1.807) is 0 Å². The molecule has 1 aromatic carbocycles. The maximum atomic E-state index is 5.94. The molecule has 1 aliphatic heterocycles. The van der Waals surface area contributed by atoms with Crippen LogP contribution in [-0.4, -0.2) is 12.6 Å². The summed E-state index contributed by atoms with van der Waals surface area (Å²) in [7, 11) is 0. The fourth-order valence-corrected chi connectivity index (χ4v) is 3.13. The first kappa shape index (κ1) is 10.6. The van der Waals surface area contributed by atoms with Gasteiger partial charge in [0.15, 0.2) is 0 Å². The molecule has 1 aromatic rings. The molecule has 1 aliphatic carbocycles. The molecule has 2 N–H and O–H groups in total. The minimum absolute atomic E-state index is 0.206. The summed E-state index contributed by atoms with van der Waals surface area (Å²) in [5, 5.41) is 0. The van der Waals surface area contributed by atoms with Gasteiger partial charge in [0.05, 0.1) is 0 Å². The summed E-state index contributed by atoms with van der Waals surface area (Å²) in [6.07, 6.45) is 3.72. The van der Waals surface area contributed by atoms with Gasteiger partial charge in [-0.15, -0.1) is 0 Å². The van der Waals surface area contributed by atoms with E-state index in [-0.39, 0.29) is 5.41 Å². The molecule has 16 heavy (non-hydrogen) atoms. The topological polar surface area (TPSA) is 35.2 Å². The average molecular weight is 282 g/mol. The van der Waals surface area contributed by atoms with Crippen molar-refractivity contribution in [2.24, 2.45) is 5.73 Å². The summed E-state index contributed by atoms with van der Waals surface area (Å²) >= 11 is 3.59. The van der Waals surface area contributed by atoms with Crippen LogP contribution in [0.5, 0.6) is 5.75 Å². The van der Waals surface area contributed by atoms with E-state index < -0.39 is 0 Å². The van der Waals surface area contributed by atoms with E-state index in [1.165, 1.54) is 24.0 Å². The average Bonchev–Trinajstić information content (AvgIpc) is 2.95. The first-order valence-electron chi connectivity index (χ1n) is 5.84. The Hall–Kier alpha value is -0.540. The zero-order valence-electron chi connectivity index (χ0n) is 9.42. The van der Waals surface area contributed by atoms with Crippen LogP contribution < -0.4 is 10.5 Å². The van der Waals surface area contributed by atoms with Crippen molar-refractivity contribution in [2.45, 2.75) is 37.7 Å². The minimum atomic E-state index is 0.206. The molecule has 0 saturated heterocycles. The molecule has 1 atom stereocenters. The Balaban J connectivity index is 2.12. The number of hydrogen-bond acceptors (Lipinski definition) is 2. The molecule has 0 amide bonds. The Kier molecular flexibility index (Phi) is 2.30. The van der Waals surface area contributed by atoms with Crippen molar-refractivity contribution in [1.29, 1.82) is 0 Å². The maximum absolute atomic E-state index is 5.94. The molecule has 2 nitrogen and oxygen atoms in total. The Labute approximate surface area is 104 Å². The van der Waals surface area contributed by atoms with Gasteiger partial charge >= 0.3 is 0 Å². The largest absolute Gasteiger partial charge is 0.490 e. The number of ether oxygens (including phenoxy) is 1. The van der Waals surface area contributed by atoms with E-state index >= 15 is 0 Å². The quantitative estimate of drug-likeness (QED) is 0.905. The lowest BCUT2D eigenvalue weighted by Crippen LogP contribution is -2.20. The Bertz CT molecular complexity index is 440. The third kappa shape index (κ3) is 1.49. The third-order valence-corrected chi connectivity index (χ3v) is 4.23. The summed E-state index contributed by atoms with van der Waals surface area (Å²) in [6.45, 7) is 2.85. The molecule has 0 spiro atoms. The van der Waals surface area contributed by atoms with Gasteiger partial charge in [0.1, 0.15) is 11.9 Å². The van der Waals surface area contributed by atoms with Crippen molar-refractivity contribution >= 4 is 15.9 Å². The number of hydrogen-bond donors (Lipinski definition) is 1. The predicted octanol–water partition coefficient (Wildman–Crippen LogP) is 2.76. The lowest BCUT2D eigenvalue weighted by atomic mass is 9.93. The fourth-order valence-electron chi connectivity index (χ4n) is 2.62. The molecule has 1 unspecified atom stereocenters. The van der Waals surface area contributed by atoms with Gasteiger partial charge in [-0.3, -0.25) is 0 Å². The van der Waals surface area contributed by atoms with Crippen molar-refractivity contribution in [3.63, 3.8) is 0 Å². The fraction of sp³-hybridized carbons (Fsp3) is 0.538. The van der Waals surface area contributed by atoms with E-state index in [0.717, 1.165) is 23.2 Å². The number of fused-ring (bicyclic) bond motifs is 1. The predicted molar refractivity (Wildman–Crippen MR) is 67.9 cm³/mol. The van der Waals surface area contributed by atoms with Gasteiger partial charge in [0, 0.05) is 28.4 Å². The van der Waals surface area contributed by atoms with Crippen molar-refractivity contribution in [3.05, 3.63) is 27.7 Å². The Morgan fingerprint density at radius 2 is 2.25 bits per heavy atom. The number of benzene rings is 1. The zero-order chi connectivity index (χ0) is 11.3. The van der Waals surface area contributed by atoms with Gasteiger partial charge in [-0.2, -0.15) is 0 Å². The highest BCUT2D eigenvalue weighted by Gasteiger charge is 2.46.